The molecular formula is C18H16Br2O. The van der Waals surface area contributed by atoms with Crippen molar-refractivity contribution in [2.45, 2.75) is 12.8 Å². The molecule has 0 heterocycles. The van der Waals surface area contributed by atoms with Gasteiger partial charge in [0.05, 0.1) is 0 Å². The van der Waals surface area contributed by atoms with E-state index in [1.165, 1.54) is 0 Å². The molecule has 108 valence electrons. The van der Waals surface area contributed by atoms with Crippen molar-refractivity contribution in [3.05, 3.63) is 81.8 Å². The Morgan fingerprint density at radius 2 is 1.24 bits per heavy atom. The minimum atomic E-state index is 0.805. The molecule has 0 amide bonds. The van der Waals surface area contributed by atoms with Crippen molar-refractivity contribution in [1.29, 1.82) is 0 Å². The maximum Gasteiger partial charge on any atom is 0.127 e. The van der Waals surface area contributed by atoms with Crippen LogP contribution in [0.5, 0.6) is 11.5 Å². The first-order chi connectivity index (χ1) is 10.1. The Labute approximate surface area is 142 Å². The molecule has 0 atom stereocenters. The zero-order chi connectivity index (χ0) is 15.2. The van der Waals surface area contributed by atoms with Gasteiger partial charge in [0.25, 0.3) is 0 Å². The van der Waals surface area contributed by atoms with E-state index in [2.05, 4.69) is 45.0 Å². The minimum absolute atomic E-state index is 0.805. The molecule has 0 N–H and O–H groups in total. The third-order valence-electron chi connectivity index (χ3n) is 3.00. The van der Waals surface area contributed by atoms with Gasteiger partial charge in [0.15, 0.2) is 0 Å². The molecule has 0 saturated carbocycles. The number of allylic oxidation sites excluding steroid dienone is 2. The predicted octanol–water partition coefficient (Wildman–Crippen LogP) is 6.46. The number of benzene rings is 2. The van der Waals surface area contributed by atoms with Gasteiger partial charge in [-0.1, -0.05) is 44.0 Å². The number of ether oxygens (including phenoxy) is 1. The number of hydrogen-bond donors (Lipinski definition) is 0. The average Bonchev–Trinajstić information content (AvgIpc) is 2.47. The van der Waals surface area contributed by atoms with Crippen LogP contribution in [0.25, 0.3) is 0 Å². The molecular weight excluding hydrogens is 392 g/mol. The maximum atomic E-state index is 5.95. The SMILES string of the molecule is C=CCc1cc(Oc2ccc(Br)c(CC=C)c2)ccc1Br. The summed E-state index contributed by atoms with van der Waals surface area (Å²) in [5.41, 5.74) is 2.32. The second-order valence-corrected chi connectivity index (χ2v) is 6.30. The molecule has 2 aromatic carbocycles. The Hall–Kier alpha value is -1.32. The number of halogens is 2. The monoisotopic (exact) mass is 406 g/mol. The summed E-state index contributed by atoms with van der Waals surface area (Å²) in [5.74, 6) is 1.64. The summed E-state index contributed by atoms with van der Waals surface area (Å²) in [5, 5.41) is 0. The summed E-state index contributed by atoms with van der Waals surface area (Å²) in [7, 11) is 0. The molecule has 2 aromatic rings. The highest BCUT2D eigenvalue weighted by Gasteiger charge is 2.05. The van der Waals surface area contributed by atoms with Crippen molar-refractivity contribution in [2.24, 2.45) is 0 Å². The third kappa shape index (κ3) is 4.32. The first-order valence-corrected chi connectivity index (χ1v) is 8.19. The lowest BCUT2D eigenvalue weighted by Gasteiger charge is -2.10. The first-order valence-electron chi connectivity index (χ1n) is 6.60. The molecule has 1 nitrogen and oxygen atoms in total. The van der Waals surface area contributed by atoms with Crippen molar-refractivity contribution < 1.29 is 4.74 Å². The van der Waals surface area contributed by atoms with E-state index >= 15 is 0 Å². The molecule has 2 rings (SSSR count). The average molecular weight is 408 g/mol. The van der Waals surface area contributed by atoms with E-state index in [1.807, 2.05) is 48.6 Å². The molecule has 0 radical (unpaired) electrons. The fourth-order valence-corrected chi connectivity index (χ4v) is 2.81. The second-order valence-electron chi connectivity index (χ2n) is 4.59. The van der Waals surface area contributed by atoms with Crippen LogP contribution in [-0.2, 0) is 12.8 Å². The number of hydrogen-bond acceptors (Lipinski definition) is 1. The summed E-state index contributed by atoms with van der Waals surface area (Å²) < 4.78 is 8.09. The van der Waals surface area contributed by atoms with E-state index in [0.717, 1.165) is 44.4 Å². The summed E-state index contributed by atoms with van der Waals surface area (Å²) in [6.07, 6.45) is 5.37. The lowest BCUT2D eigenvalue weighted by Crippen LogP contribution is -1.90. The summed E-state index contributed by atoms with van der Waals surface area (Å²) in [6.45, 7) is 7.55. The molecule has 0 aliphatic rings. The molecule has 0 aliphatic carbocycles. The van der Waals surface area contributed by atoms with Gasteiger partial charge in [0, 0.05) is 8.95 Å². The lowest BCUT2D eigenvalue weighted by atomic mass is 10.1. The Kier molecular flexibility index (Phi) is 5.83. The Morgan fingerprint density at radius 1 is 0.810 bits per heavy atom. The van der Waals surface area contributed by atoms with E-state index in [1.54, 1.807) is 0 Å². The standard InChI is InChI=1S/C18H16Br2O/c1-3-5-13-11-15(7-9-17(13)19)21-16-8-10-18(20)14(12-16)6-4-2/h3-4,7-12H,1-2,5-6H2. The van der Waals surface area contributed by atoms with Crippen LogP contribution >= 0.6 is 31.9 Å². The van der Waals surface area contributed by atoms with E-state index < -0.39 is 0 Å². The van der Waals surface area contributed by atoms with Crippen LogP contribution in [0.1, 0.15) is 11.1 Å². The van der Waals surface area contributed by atoms with Crippen LogP contribution < -0.4 is 4.74 Å². The fourth-order valence-electron chi connectivity index (χ4n) is 1.99. The van der Waals surface area contributed by atoms with Crippen LogP contribution in [-0.4, -0.2) is 0 Å². The van der Waals surface area contributed by atoms with Crippen LogP contribution in [0.2, 0.25) is 0 Å². The molecule has 21 heavy (non-hydrogen) atoms. The highest BCUT2D eigenvalue weighted by Crippen LogP contribution is 2.29. The smallest absolute Gasteiger partial charge is 0.127 e. The zero-order valence-electron chi connectivity index (χ0n) is 11.6. The topological polar surface area (TPSA) is 9.23 Å². The van der Waals surface area contributed by atoms with Gasteiger partial charge in [-0.3, -0.25) is 0 Å². The molecule has 0 aromatic heterocycles. The lowest BCUT2D eigenvalue weighted by molar-refractivity contribution is 0.481. The van der Waals surface area contributed by atoms with Gasteiger partial charge in [0.2, 0.25) is 0 Å². The Morgan fingerprint density at radius 3 is 1.62 bits per heavy atom. The Balaban J connectivity index is 2.25. The molecule has 0 saturated heterocycles. The highest BCUT2D eigenvalue weighted by atomic mass is 79.9. The summed E-state index contributed by atoms with van der Waals surface area (Å²) in [4.78, 5) is 0. The van der Waals surface area contributed by atoms with Crippen molar-refractivity contribution in [3.8, 4) is 11.5 Å². The van der Waals surface area contributed by atoms with Gasteiger partial charge >= 0.3 is 0 Å². The predicted molar refractivity (Wildman–Crippen MR) is 96.2 cm³/mol. The zero-order valence-corrected chi connectivity index (χ0v) is 14.8. The van der Waals surface area contributed by atoms with Crippen molar-refractivity contribution in [1.82, 2.24) is 0 Å². The van der Waals surface area contributed by atoms with Gasteiger partial charge in [-0.2, -0.15) is 0 Å². The minimum Gasteiger partial charge on any atom is -0.457 e. The normalized spacial score (nSPS) is 10.2. The van der Waals surface area contributed by atoms with Crippen LogP contribution in [0.15, 0.2) is 70.7 Å². The second kappa shape index (κ2) is 7.62. The largest absolute Gasteiger partial charge is 0.457 e. The van der Waals surface area contributed by atoms with Crippen molar-refractivity contribution >= 4 is 31.9 Å². The van der Waals surface area contributed by atoms with Gasteiger partial charge in [-0.05, 0) is 60.4 Å². The maximum absolute atomic E-state index is 5.95. The fraction of sp³-hybridized carbons (Fsp3) is 0.111. The molecule has 0 spiro atoms. The number of rotatable bonds is 6. The summed E-state index contributed by atoms with van der Waals surface area (Å²) in [6, 6.07) is 12.0. The first kappa shape index (κ1) is 16.1. The van der Waals surface area contributed by atoms with Crippen LogP contribution in [0, 0.1) is 0 Å². The van der Waals surface area contributed by atoms with E-state index in [9.17, 15) is 0 Å². The van der Waals surface area contributed by atoms with Gasteiger partial charge in [-0.15, -0.1) is 13.2 Å². The molecule has 0 fully saturated rings. The van der Waals surface area contributed by atoms with Gasteiger partial charge in [-0.25, -0.2) is 0 Å². The molecule has 0 bridgehead atoms. The van der Waals surface area contributed by atoms with E-state index in [0.29, 0.717) is 0 Å². The van der Waals surface area contributed by atoms with Gasteiger partial charge in [0.1, 0.15) is 11.5 Å². The highest BCUT2D eigenvalue weighted by molar-refractivity contribution is 9.10. The molecule has 0 aliphatic heterocycles. The van der Waals surface area contributed by atoms with Gasteiger partial charge < -0.3 is 4.74 Å². The Bertz CT molecular complexity index is 605. The van der Waals surface area contributed by atoms with Crippen LogP contribution in [0.4, 0.5) is 0 Å². The van der Waals surface area contributed by atoms with Crippen LogP contribution in [0.3, 0.4) is 0 Å². The van der Waals surface area contributed by atoms with Crippen molar-refractivity contribution in [3.63, 3.8) is 0 Å². The summed E-state index contributed by atoms with van der Waals surface area (Å²) >= 11 is 7.08. The molecule has 0 unspecified atom stereocenters. The quantitative estimate of drug-likeness (QED) is 0.499. The van der Waals surface area contributed by atoms with E-state index in [-0.39, 0.29) is 0 Å². The molecule has 3 heteroatoms. The van der Waals surface area contributed by atoms with E-state index in [4.69, 9.17) is 4.74 Å². The van der Waals surface area contributed by atoms with Crippen molar-refractivity contribution in [2.75, 3.05) is 0 Å². The third-order valence-corrected chi connectivity index (χ3v) is 4.55.